The van der Waals surface area contributed by atoms with Crippen molar-refractivity contribution in [2.45, 2.75) is 11.4 Å². The third kappa shape index (κ3) is 4.01. The molecule has 134 valence electrons. The van der Waals surface area contributed by atoms with E-state index >= 15 is 0 Å². The Bertz CT molecular complexity index is 837. The van der Waals surface area contributed by atoms with Crippen LogP contribution in [-0.2, 0) is 4.79 Å². The lowest BCUT2D eigenvalue weighted by molar-refractivity contribution is -0.690. The van der Waals surface area contributed by atoms with Gasteiger partial charge < -0.3 is 20.0 Å². The summed E-state index contributed by atoms with van der Waals surface area (Å²) >= 11 is 1.51. The Morgan fingerprint density at radius 2 is 1.77 bits per heavy atom. The van der Waals surface area contributed by atoms with Crippen LogP contribution in [0, 0.1) is 10.1 Å². The fraction of sp³-hybridized carbons (Fsp3) is 0.176. The van der Waals surface area contributed by atoms with Crippen LogP contribution >= 0.6 is 11.8 Å². The van der Waals surface area contributed by atoms with Crippen LogP contribution in [0.4, 0.5) is 5.69 Å². The summed E-state index contributed by atoms with van der Waals surface area (Å²) in [5.74, 6) is -0.888. The molecule has 0 saturated carbocycles. The summed E-state index contributed by atoms with van der Waals surface area (Å²) in [6, 6.07) is 11.4. The van der Waals surface area contributed by atoms with E-state index in [1.165, 1.54) is 36.0 Å². The molecule has 1 saturated heterocycles. The highest BCUT2D eigenvalue weighted by molar-refractivity contribution is 7.99. The summed E-state index contributed by atoms with van der Waals surface area (Å²) in [7, 11) is 0. The minimum Gasteiger partial charge on any atom is -0.544 e. The molecular weight excluding hydrogens is 360 g/mol. The molecule has 0 bridgehead atoms. The predicted molar refractivity (Wildman–Crippen MR) is 90.4 cm³/mol. The van der Waals surface area contributed by atoms with E-state index in [4.69, 9.17) is 4.74 Å². The molecule has 2 N–H and O–H groups in total. The quantitative estimate of drug-likeness (QED) is 0.344. The normalized spacial score (nSPS) is 19.1. The topological polar surface area (TPSA) is 126 Å². The van der Waals surface area contributed by atoms with Gasteiger partial charge in [-0.05, 0) is 36.4 Å². The van der Waals surface area contributed by atoms with Crippen molar-refractivity contribution in [3.63, 3.8) is 0 Å². The number of carboxylic acid groups (broad SMARTS) is 1. The summed E-state index contributed by atoms with van der Waals surface area (Å²) < 4.78 is 5.25. The van der Waals surface area contributed by atoms with Gasteiger partial charge in [0.1, 0.15) is 17.8 Å². The van der Waals surface area contributed by atoms with E-state index in [-0.39, 0.29) is 16.6 Å². The maximum absolute atomic E-state index is 12.1. The number of carbonyl (C=O) groups is 2. The van der Waals surface area contributed by atoms with Gasteiger partial charge in [0.15, 0.2) is 5.37 Å². The molecule has 2 aromatic carbocycles. The SMILES string of the molecule is O=C(Oc1ccc([C@@H]2[NH2+][C@H](C(=O)[O-])CS2)cc1)c1ccc([N+](=O)[O-])cc1. The highest BCUT2D eigenvalue weighted by Gasteiger charge is 2.30. The number of ether oxygens (including phenoxy) is 1. The number of benzene rings is 2. The lowest BCUT2D eigenvalue weighted by Gasteiger charge is -2.11. The molecule has 0 aromatic heterocycles. The number of nitrogens with zero attached hydrogens (tertiary/aromatic N) is 1. The minimum atomic E-state index is -1.08. The van der Waals surface area contributed by atoms with E-state index in [0.29, 0.717) is 11.5 Å². The highest BCUT2D eigenvalue weighted by Crippen LogP contribution is 2.28. The van der Waals surface area contributed by atoms with E-state index in [1.807, 2.05) is 0 Å². The molecule has 0 radical (unpaired) electrons. The second-order valence-electron chi connectivity index (χ2n) is 5.63. The zero-order valence-electron chi connectivity index (χ0n) is 13.4. The Hall–Kier alpha value is -2.91. The van der Waals surface area contributed by atoms with E-state index in [2.05, 4.69) is 0 Å². The van der Waals surface area contributed by atoms with Gasteiger partial charge in [-0.3, -0.25) is 10.1 Å². The Morgan fingerprint density at radius 3 is 2.31 bits per heavy atom. The van der Waals surface area contributed by atoms with Gasteiger partial charge in [-0.2, -0.15) is 0 Å². The Labute approximate surface area is 152 Å². The van der Waals surface area contributed by atoms with Crippen LogP contribution < -0.4 is 15.2 Å². The molecule has 8 nitrogen and oxygen atoms in total. The predicted octanol–water partition coefficient (Wildman–Crippen LogP) is 0.241. The van der Waals surface area contributed by atoms with Crippen molar-refractivity contribution in [1.82, 2.24) is 0 Å². The zero-order chi connectivity index (χ0) is 18.7. The third-order valence-electron chi connectivity index (χ3n) is 3.90. The van der Waals surface area contributed by atoms with Gasteiger partial charge in [0.05, 0.1) is 16.2 Å². The van der Waals surface area contributed by atoms with Crippen LogP contribution in [0.2, 0.25) is 0 Å². The van der Waals surface area contributed by atoms with E-state index < -0.39 is 22.9 Å². The highest BCUT2D eigenvalue weighted by atomic mass is 32.2. The molecule has 1 aliphatic heterocycles. The number of hydrogen-bond donors (Lipinski definition) is 1. The van der Waals surface area contributed by atoms with E-state index in [0.717, 1.165) is 5.56 Å². The molecule has 0 unspecified atom stereocenters. The van der Waals surface area contributed by atoms with Gasteiger partial charge in [-0.1, -0.05) is 11.8 Å². The molecule has 2 atom stereocenters. The molecule has 1 fully saturated rings. The number of nitro benzene ring substituents is 1. The summed E-state index contributed by atoms with van der Waals surface area (Å²) in [5, 5.41) is 23.2. The summed E-state index contributed by atoms with van der Waals surface area (Å²) in [6.07, 6.45) is 0. The Kier molecular flexibility index (Phi) is 5.19. The summed E-state index contributed by atoms with van der Waals surface area (Å²) in [5.41, 5.74) is 1.01. The molecule has 0 spiro atoms. The number of hydrogen-bond acceptors (Lipinski definition) is 7. The van der Waals surface area contributed by atoms with E-state index in [1.54, 1.807) is 29.6 Å². The van der Waals surface area contributed by atoms with Crippen molar-refractivity contribution in [2.24, 2.45) is 0 Å². The van der Waals surface area contributed by atoms with Crippen molar-refractivity contribution < 1.29 is 29.7 Å². The van der Waals surface area contributed by atoms with Crippen LogP contribution in [0.15, 0.2) is 48.5 Å². The molecule has 0 amide bonds. The average Bonchev–Trinajstić information content (AvgIpc) is 3.13. The zero-order valence-corrected chi connectivity index (χ0v) is 14.2. The van der Waals surface area contributed by atoms with Crippen molar-refractivity contribution in [3.8, 4) is 5.75 Å². The second kappa shape index (κ2) is 7.54. The molecule has 1 heterocycles. The number of aliphatic carboxylic acids is 1. The largest absolute Gasteiger partial charge is 0.544 e. The van der Waals surface area contributed by atoms with E-state index in [9.17, 15) is 24.8 Å². The fourth-order valence-corrected chi connectivity index (χ4v) is 3.81. The van der Waals surface area contributed by atoms with Crippen molar-refractivity contribution in [1.29, 1.82) is 0 Å². The lowest BCUT2D eigenvalue weighted by atomic mass is 10.2. The van der Waals surface area contributed by atoms with Crippen LogP contribution in [-0.4, -0.2) is 28.7 Å². The van der Waals surface area contributed by atoms with Gasteiger partial charge in [-0.25, -0.2) is 4.79 Å². The summed E-state index contributed by atoms with van der Waals surface area (Å²) in [4.78, 5) is 33.1. The maximum Gasteiger partial charge on any atom is 0.343 e. The Morgan fingerprint density at radius 1 is 1.12 bits per heavy atom. The molecule has 26 heavy (non-hydrogen) atoms. The molecule has 2 aromatic rings. The average molecular weight is 374 g/mol. The molecule has 3 rings (SSSR count). The fourth-order valence-electron chi connectivity index (χ4n) is 2.49. The first-order valence-corrected chi connectivity index (χ1v) is 8.73. The molecule has 9 heteroatoms. The third-order valence-corrected chi connectivity index (χ3v) is 5.24. The number of nitro groups is 1. The van der Waals surface area contributed by atoms with Gasteiger partial charge in [0, 0.05) is 17.7 Å². The first kappa shape index (κ1) is 17.9. The number of quaternary nitrogens is 1. The lowest BCUT2D eigenvalue weighted by Crippen LogP contribution is -2.90. The number of thioether (sulfide) groups is 1. The van der Waals surface area contributed by atoms with Gasteiger partial charge in [-0.15, -0.1) is 0 Å². The van der Waals surface area contributed by atoms with Crippen LogP contribution in [0.25, 0.3) is 0 Å². The smallest absolute Gasteiger partial charge is 0.343 e. The second-order valence-corrected chi connectivity index (χ2v) is 6.81. The van der Waals surface area contributed by atoms with Crippen molar-refractivity contribution in [3.05, 3.63) is 69.8 Å². The Balaban J connectivity index is 1.63. The summed E-state index contributed by atoms with van der Waals surface area (Å²) in [6.45, 7) is 0. The number of carboxylic acids is 1. The molecular formula is C17H14N2O6S. The number of non-ortho nitro benzene ring substituents is 1. The molecule has 1 aliphatic rings. The van der Waals surface area contributed by atoms with Crippen LogP contribution in [0.5, 0.6) is 5.75 Å². The van der Waals surface area contributed by atoms with Crippen molar-refractivity contribution >= 4 is 29.4 Å². The van der Waals surface area contributed by atoms with Gasteiger partial charge >= 0.3 is 5.97 Å². The standard InChI is InChI=1S/C17H14N2O6S/c20-16(21)14-9-26-15(18-14)10-3-7-13(8-4-10)25-17(22)11-1-5-12(6-2-11)19(23)24/h1-8,14-15,18H,9H2,(H,20,21)/t14-,15+/m0/s1. The number of carbonyl (C=O) groups excluding carboxylic acids is 2. The van der Waals surface area contributed by atoms with Crippen LogP contribution in [0.3, 0.4) is 0 Å². The van der Waals surface area contributed by atoms with Gasteiger partial charge in [0.25, 0.3) is 5.69 Å². The number of rotatable bonds is 5. The minimum absolute atomic E-state index is 0.0441. The van der Waals surface area contributed by atoms with Crippen LogP contribution in [0.1, 0.15) is 21.3 Å². The number of nitrogens with two attached hydrogens (primary N) is 1. The van der Waals surface area contributed by atoms with Gasteiger partial charge in [0.2, 0.25) is 0 Å². The maximum atomic E-state index is 12.1. The number of esters is 1. The monoisotopic (exact) mass is 374 g/mol. The first-order valence-electron chi connectivity index (χ1n) is 7.68. The van der Waals surface area contributed by atoms with Crippen molar-refractivity contribution in [2.75, 3.05) is 5.75 Å². The molecule has 0 aliphatic carbocycles. The first-order chi connectivity index (χ1) is 12.4.